The first-order valence-electron chi connectivity index (χ1n) is 13.1. The van der Waals surface area contributed by atoms with Gasteiger partial charge in [0.2, 0.25) is 5.91 Å². The van der Waals surface area contributed by atoms with Gasteiger partial charge in [0.25, 0.3) is 5.91 Å². The molecule has 2 heterocycles. The molecule has 4 aliphatic carbocycles. The molecular formula is C29H36N4O2. The van der Waals surface area contributed by atoms with E-state index < -0.39 is 0 Å². The average Bonchev–Trinajstić information content (AvgIpc) is 2.75. The number of hydrogen-bond acceptors (Lipinski definition) is 4. The molecule has 5 aliphatic rings. The van der Waals surface area contributed by atoms with Crippen molar-refractivity contribution in [3.63, 3.8) is 0 Å². The molecule has 4 bridgehead atoms. The quantitative estimate of drug-likeness (QED) is 0.654. The van der Waals surface area contributed by atoms with Gasteiger partial charge in [-0.05, 0) is 86.2 Å². The third-order valence-corrected chi connectivity index (χ3v) is 9.09. The van der Waals surface area contributed by atoms with Gasteiger partial charge in [-0.2, -0.15) is 0 Å². The molecule has 4 saturated carbocycles. The van der Waals surface area contributed by atoms with E-state index in [4.69, 9.17) is 0 Å². The molecule has 6 heteroatoms. The Morgan fingerprint density at radius 3 is 2.57 bits per heavy atom. The third kappa shape index (κ3) is 4.15. The molecule has 7 rings (SSSR count). The van der Waals surface area contributed by atoms with Crippen LogP contribution in [0.1, 0.15) is 86.0 Å². The minimum absolute atomic E-state index is 0.0207. The highest BCUT2D eigenvalue weighted by atomic mass is 16.2. The number of benzene rings is 1. The van der Waals surface area contributed by atoms with Crippen molar-refractivity contribution in [3.8, 4) is 0 Å². The van der Waals surface area contributed by atoms with Crippen molar-refractivity contribution in [1.82, 2.24) is 14.9 Å². The van der Waals surface area contributed by atoms with E-state index in [1.165, 1.54) is 44.9 Å². The van der Waals surface area contributed by atoms with Crippen LogP contribution in [0, 0.1) is 29.1 Å². The Hall–Kier alpha value is -2.76. The fourth-order valence-electron chi connectivity index (χ4n) is 8.99. The van der Waals surface area contributed by atoms with Crippen LogP contribution in [0.2, 0.25) is 0 Å². The normalized spacial score (nSPS) is 32.9. The number of carbonyl (C=O) groups excluding carboxylic acids is 2. The van der Waals surface area contributed by atoms with Crippen LogP contribution in [0.15, 0.2) is 30.6 Å². The van der Waals surface area contributed by atoms with Gasteiger partial charge in [0.1, 0.15) is 12.1 Å². The zero-order valence-corrected chi connectivity index (χ0v) is 21.2. The van der Waals surface area contributed by atoms with Crippen molar-refractivity contribution in [2.45, 2.75) is 78.7 Å². The summed E-state index contributed by atoms with van der Waals surface area (Å²) in [6.45, 7) is 7.93. The van der Waals surface area contributed by atoms with Crippen LogP contribution in [0.25, 0.3) is 0 Å². The lowest BCUT2D eigenvalue weighted by Gasteiger charge is -2.65. The molecule has 1 aromatic heterocycles. The second-order valence-electron chi connectivity index (χ2n) is 12.8. The first-order valence-corrected chi connectivity index (χ1v) is 13.1. The molecule has 184 valence electrons. The van der Waals surface area contributed by atoms with Gasteiger partial charge in [-0.3, -0.25) is 9.59 Å². The molecular weight excluding hydrogens is 436 g/mol. The van der Waals surface area contributed by atoms with Gasteiger partial charge in [0, 0.05) is 24.1 Å². The van der Waals surface area contributed by atoms with E-state index in [-0.39, 0.29) is 17.2 Å². The van der Waals surface area contributed by atoms with Crippen molar-refractivity contribution >= 4 is 17.6 Å². The highest BCUT2D eigenvalue weighted by molar-refractivity contribution is 5.95. The summed E-state index contributed by atoms with van der Waals surface area (Å²) in [6.07, 6.45) is 10.3. The molecule has 0 saturated heterocycles. The summed E-state index contributed by atoms with van der Waals surface area (Å²) in [5, 5.41) is 3.16. The highest BCUT2D eigenvalue weighted by Gasteiger charge is 2.60. The number of nitrogens with one attached hydrogen (secondary N) is 1. The molecule has 2 amide bonds. The summed E-state index contributed by atoms with van der Waals surface area (Å²) >= 11 is 0. The minimum Gasteiger partial charge on any atom is -0.332 e. The van der Waals surface area contributed by atoms with Crippen LogP contribution in [0.3, 0.4) is 0 Å². The lowest BCUT2D eigenvalue weighted by atomic mass is 9.40. The standard InChI is InChI=1S/C29H36N4O2/c1-19-5-4-6-21(9-19)26(35)33-8-7-22-23(14-33)30-18-31-25(22)32-24(34)13-29-12-20-10-27(2,16-29)15-28(3,11-20)17-29/h4-6,9,18,20H,7-8,10-17H2,1-3H3,(H,30,31,32,34). The van der Waals surface area contributed by atoms with Crippen molar-refractivity contribution in [2.24, 2.45) is 22.2 Å². The minimum atomic E-state index is 0.0207. The maximum absolute atomic E-state index is 13.3. The van der Waals surface area contributed by atoms with E-state index in [1.807, 2.05) is 36.1 Å². The first kappa shape index (κ1) is 22.7. The number of hydrogen-bond donors (Lipinski definition) is 1. The lowest BCUT2D eigenvalue weighted by Crippen LogP contribution is -2.55. The summed E-state index contributed by atoms with van der Waals surface area (Å²) in [4.78, 5) is 37.1. The topological polar surface area (TPSA) is 75.2 Å². The number of carbonyl (C=O) groups is 2. The Morgan fingerprint density at radius 2 is 1.86 bits per heavy atom. The van der Waals surface area contributed by atoms with Crippen molar-refractivity contribution in [3.05, 3.63) is 53.0 Å². The summed E-state index contributed by atoms with van der Waals surface area (Å²) in [5.74, 6) is 1.51. The van der Waals surface area contributed by atoms with Crippen LogP contribution in [0.4, 0.5) is 5.82 Å². The Kier molecular flexibility index (Phi) is 5.10. The highest BCUT2D eigenvalue weighted by Crippen LogP contribution is 2.70. The molecule has 1 aliphatic heterocycles. The first-order chi connectivity index (χ1) is 16.6. The van der Waals surface area contributed by atoms with Gasteiger partial charge in [-0.25, -0.2) is 9.97 Å². The van der Waals surface area contributed by atoms with Gasteiger partial charge in [0.15, 0.2) is 0 Å². The molecule has 35 heavy (non-hydrogen) atoms. The number of aromatic nitrogens is 2. The largest absolute Gasteiger partial charge is 0.332 e. The Morgan fingerprint density at radius 1 is 1.09 bits per heavy atom. The molecule has 0 radical (unpaired) electrons. The van der Waals surface area contributed by atoms with E-state index in [0.29, 0.717) is 48.1 Å². The molecule has 2 atom stereocenters. The summed E-state index contributed by atoms with van der Waals surface area (Å²) < 4.78 is 0. The summed E-state index contributed by atoms with van der Waals surface area (Å²) in [7, 11) is 0. The van der Waals surface area contributed by atoms with Crippen LogP contribution in [-0.4, -0.2) is 33.2 Å². The summed E-state index contributed by atoms with van der Waals surface area (Å²) in [6, 6.07) is 7.70. The number of rotatable bonds is 4. The second-order valence-corrected chi connectivity index (χ2v) is 12.8. The number of anilines is 1. The third-order valence-electron chi connectivity index (χ3n) is 9.09. The summed E-state index contributed by atoms with van der Waals surface area (Å²) in [5.41, 5.74) is 4.51. The van der Waals surface area contributed by atoms with E-state index in [1.54, 1.807) is 0 Å². The van der Waals surface area contributed by atoms with Gasteiger partial charge in [0.05, 0.1) is 12.2 Å². The molecule has 2 aromatic rings. The molecule has 6 nitrogen and oxygen atoms in total. The molecule has 1 aromatic carbocycles. The average molecular weight is 473 g/mol. The van der Waals surface area contributed by atoms with Crippen LogP contribution < -0.4 is 5.32 Å². The van der Waals surface area contributed by atoms with Crippen molar-refractivity contribution in [2.75, 3.05) is 11.9 Å². The molecule has 2 unspecified atom stereocenters. The fourth-order valence-corrected chi connectivity index (χ4v) is 8.99. The van der Waals surface area contributed by atoms with Gasteiger partial charge in [-0.1, -0.05) is 31.5 Å². The van der Waals surface area contributed by atoms with Gasteiger partial charge in [-0.15, -0.1) is 0 Å². The second kappa shape index (κ2) is 7.87. The molecule has 4 fully saturated rings. The van der Waals surface area contributed by atoms with Crippen molar-refractivity contribution < 1.29 is 9.59 Å². The molecule has 1 N–H and O–H groups in total. The van der Waals surface area contributed by atoms with Crippen LogP contribution in [-0.2, 0) is 17.8 Å². The fraction of sp³-hybridized carbons (Fsp3) is 0.586. The predicted octanol–water partition coefficient (Wildman–Crippen LogP) is 5.31. The maximum Gasteiger partial charge on any atom is 0.254 e. The van der Waals surface area contributed by atoms with Gasteiger partial charge < -0.3 is 10.2 Å². The van der Waals surface area contributed by atoms with E-state index in [0.717, 1.165) is 22.7 Å². The zero-order valence-electron chi connectivity index (χ0n) is 21.2. The van der Waals surface area contributed by atoms with Gasteiger partial charge >= 0.3 is 0 Å². The Balaban J connectivity index is 1.16. The van der Waals surface area contributed by atoms with Crippen molar-refractivity contribution in [1.29, 1.82) is 0 Å². The van der Waals surface area contributed by atoms with E-state index in [2.05, 4.69) is 29.1 Å². The van der Waals surface area contributed by atoms with E-state index >= 15 is 0 Å². The smallest absolute Gasteiger partial charge is 0.254 e. The zero-order chi connectivity index (χ0) is 24.4. The lowest BCUT2D eigenvalue weighted by molar-refractivity contribution is -0.153. The predicted molar refractivity (Wildman–Crippen MR) is 135 cm³/mol. The number of amides is 2. The Labute approximate surface area is 207 Å². The van der Waals surface area contributed by atoms with E-state index in [9.17, 15) is 9.59 Å². The monoisotopic (exact) mass is 472 g/mol. The number of fused-ring (bicyclic) bond motifs is 1. The SMILES string of the molecule is Cc1cccc(C(=O)N2CCc3c(ncnc3NC(=O)CC34CC5CC(C)(CC(C)(C5)C3)C4)C2)c1. The van der Waals surface area contributed by atoms with Crippen LogP contribution >= 0.6 is 0 Å². The molecule has 0 spiro atoms. The number of nitrogens with zero attached hydrogens (tertiary/aromatic N) is 3. The van der Waals surface area contributed by atoms with Crippen LogP contribution in [0.5, 0.6) is 0 Å². The maximum atomic E-state index is 13.3. The number of aryl methyl sites for hydroxylation is 1. The Bertz CT molecular complexity index is 1190.